The van der Waals surface area contributed by atoms with Gasteiger partial charge in [0.1, 0.15) is 17.3 Å². The van der Waals surface area contributed by atoms with Crippen LogP contribution in [0.15, 0.2) is 59.8 Å². The Kier molecular flexibility index (Phi) is 6.06. The predicted molar refractivity (Wildman–Crippen MR) is 107 cm³/mol. The quantitative estimate of drug-likeness (QED) is 0.506. The number of carbonyl (C=O) groups is 1. The average molecular weight is 378 g/mol. The number of ether oxygens (including phenoxy) is 2. The van der Waals surface area contributed by atoms with E-state index in [2.05, 4.69) is 15.5 Å². The van der Waals surface area contributed by atoms with E-state index >= 15 is 0 Å². The van der Waals surface area contributed by atoms with Crippen molar-refractivity contribution in [1.82, 2.24) is 15.0 Å². The van der Waals surface area contributed by atoms with Crippen LogP contribution in [0.25, 0.3) is 5.82 Å². The number of methoxy groups -OCH3 is 1. The molecule has 0 bridgehead atoms. The molecule has 0 aliphatic carbocycles. The summed E-state index contributed by atoms with van der Waals surface area (Å²) in [7, 11) is 1.59. The third-order valence-electron chi connectivity index (χ3n) is 4.17. The number of benzene rings is 1. The number of nitrogens with zero attached hydrogens (tertiary/aromatic N) is 3. The van der Waals surface area contributed by atoms with E-state index < -0.39 is 0 Å². The first-order chi connectivity index (χ1) is 13.6. The Morgan fingerprint density at radius 3 is 2.61 bits per heavy atom. The second kappa shape index (κ2) is 8.85. The molecule has 2 heterocycles. The summed E-state index contributed by atoms with van der Waals surface area (Å²) < 4.78 is 12.5. The summed E-state index contributed by atoms with van der Waals surface area (Å²) in [5, 5.41) is 4.03. The Morgan fingerprint density at radius 2 is 1.93 bits per heavy atom. The number of pyridine rings is 1. The Labute approximate surface area is 163 Å². The normalized spacial score (nSPS) is 10.8. The summed E-state index contributed by atoms with van der Waals surface area (Å²) in [6, 6.07) is 14.8. The van der Waals surface area contributed by atoms with Gasteiger partial charge in [-0.1, -0.05) is 6.07 Å². The lowest BCUT2D eigenvalue weighted by molar-refractivity contribution is -0.123. The second-order valence-electron chi connectivity index (χ2n) is 6.11. The van der Waals surface area contributed by atoms with Crippen LogP contribution in [0, 0.1) is 13.8 Å². The minimum atomic E-state index is -0.342. The van der Waals surface area contributed by atoms with Crippen LogP contribution in [-0.4, -0.2) is 35.4 Å². The van der Waals surface area contributed by atoms with Crippen molar-refractivity contribution in [2.45, 2.75) is 13.8 Å². The Morgan fingerprint density at radius 1 is 1.18 bits per heavy atom. The van der Waals surface area contributed by atoms with Gasteiger partial charge in [0.05, 0.1) is 13.3 Å². The van der Waals surface area contributed by atoms with Crippen LogP contribution in [0.1, 0.15) is 17.0 Å². The summed E-state index contributed by atoms with van der Waals surface area (Å²) >= 11 is 0. The number of nitrogens with one attached hydrogen (secondary N) is 1. The molecule has 3 rings (SSSR count). The number of carbonyl (C=O) groups excluding carboxylic acids is 1. The van der Waals surface area contributed by atoms with Crippen molar-refractivity contribution in [3.63, 3.8) is 0 Å². The maximum atomic E-state index is 11.9. The van der Waals surface area contributed by atoms with Gasteiger partial charge in [0.25, 0.3) is 5.91 Å². The molecule has 0 unspecified atom stereocenters. The number of hydrogen-bond donors (Lipinski definition) is 1. The molecule has 0 aliphatic heterocycles. The van der Waals surface area contributed by atoms with Gasteiger partial charge in [0.2, 0.25) is 0 Å². The fraction of sp³-hybridized carbons (Fsp3) is 0.190. The standard InChI is InChI=1S/C21H22N4O3/c1-15-12-17(16(2)25(15)20-6-4-5-11-22-20)13-23-24-21(26)14-28-19-9-7-18(27-3)8-10-19/h4-13H,14H2,1-3H3,(H,24,26)/b23-13+. The molecule has 0 fully saturated rings. The van der Waals surface area contributed by atoms with Crippen molar-refractivity contribution in [2.24, 2.45) is 5.10 Å². The monoisotopic (exact) mass is 378 g/mol. The number of aromatic nitrogens is 2. The van der Waals surface area contributed by atoms with E-state index in [1.165, 1.54) is 0 Å². The molecular formula is C21H22N4O3. The molecular weight excluding hydrogens is 356 g/mol. The number of aryl methyl sites for hydroxylation is 1. The molecule has 7 heteroatoms. The van der Waals surface area contributed by atoms with Gasteiger partial charge in [-0.25, -0.2) is 10.4 Å². The van der Waals surface area contributed by atoms with Gasteiger partial charge in [-0.3, -0.25) is 4.79 Å². The first-order valence-corrected chi connectivity index (χ1v) is 8.77. The Hall–Kier alpha value is -3.61. The lowest BCUT2D eigenvalue weighted by Crippen LogP contribution is -2.24. The molecule has 0 atom stereocenters. The van der Waals surface area contributed by atoms with E-state index in [0.29, 0.717) is 5.75 Å². The largest absolute Gasteiger partial charge is 0.497 e. The summed E-state index contributed by atoms with van der Waals surface area (Å²) in [6.45, 7) is 3.86. The molecule has 0 spiro atoms. The molecule has 28 heavy (non-hydrogen) atoms. The Bertz CT molecular complexity index is 963. The van der Waals surface area contributed by atoms with Crippen molar-refractivity contribution in [3.8, 4) is 17.3 Å². The smallest absolute Gasteiger partial charge is 0.277 e. The zero-order chi connectivity index (χ0) is 19.9. The molecule has 1 amide bonds. The molecule has 144 valence electrons. The van der Waals surface area contributed by atoms with E-state index in [0.717, 1.165) is 28.5 Å². The van der Waals surface area contributed by atoms with Crippen LogP contribution >= 0.6 is 0 Å². The van der Waals surface area contributed by atoms with Gasteiger partial charge in [-0.15, -0.1) is 0 Å². The van der Waals surface area contributed by atoms with E-state index in [9.17, 15) is 4.79 Å². The maximum absolute atomic E-state index is 11.9. The lowest BCUT2D eigenvalue weighted by atomic mass is 10.3. The van der Waals surface area contributed by atoms with Crippen LogP contribution in [0.5, 0.6) is 11.5 Å². The maximum Gasteiger partial charge on any atom is 0.277 e. The van der Waals surface area contributed by atoms with Crippen LogP contribution in [0.3, 0.4) is 0 Å². The third kappa shape index (κ3) is 4.56. The van der Waals surface area contributed by atoms with Gasteiger partial charge in [-0.2, -0.15) is 5.10 Å². The van der Waals surface area contributed by atoms with Crippen molar-refractivity contribution < 1.29 is 14.3 Å². The molecule has 0 aliphatic rings. The second-order valence-corrected chi connectivity index (χ2v) is 6.11. The molecule has 0 saturated heterocycles. The van der Waals surface area contributed by atoms with Gasteiger partial charge in [0, 0.05) is 23.1 Å². The van der Waals surface area contributed by atoms with Crippen molar-refractivity contribution in [1.29, 1.82) is 0 Å². The number of amides is 1. The topological polar surface area (TPSA) is 77.7 Å². The predicted octanol–water partition coefficient (Wildman–Crippen LogP) is 3.03. The summed E-state index contributed by atoms with van der Waals surface area (Å²) in [4.78, 5) is 16.3. The van der Waals surface area contributed by atoms with Gasteiger partial charge < -0.3 is 14.0 Å². The minimum absolute atomic E-state index is 0.128. The van der Waals surface area contributed by atoms with Crippen LogP contribution < -0.4 is 14.9 Å². The highest BCUT2D eigenvalue weighted by Gasteiger charge is 2.10. The fourth-order valence-electron chi connectivity index (χ4n) is 2.78. The summed E-state index contributed by atoms with van der Waals surface area (Å²) in [6.07, 6.45) is 3.37. The van der Waals surface area contributed by atoms with Crippen LogP contribution in [0.4, 0.5) is 0 Å². The van der Waals surface area contributed by atoms with Gasteiger partial charge in [-0.05, 0) is 56.3 Å². The van der Waals surface area contributed by atoms with Crippen LogP contribution in [0.2, 0.25) is 0 Å². The zero-order valence-electron chi connectivity index (χ0n) is 16.0. The number of hydrogen-bond acceptors (Lipinski definition) is 5. The average Bonchev–Trinajstić information content (AvgIpc) is 3.00. The zero-order valence-corrected chi connectivity index (χ0v) is 16.0. The van der Waals surface area contributed by atoms with Crippen LogP contribution in [-0.2, 0) is 4.79 Å². The molecule has 1 N–H and O–H groups in total. The summed E-state index contributed by atoms with van der Waals surface area (Å²) in [5.41, 5.74) is 5.40. The van der Waals surface area contributed by atoms with E-state index in [4.69, 9.17) is 9.47 Å². The Balaban J connectivity index is 1.57. The highest BCUT2D eigenvalue weighted by Crippen LogP contribution is 2.18. The summed E-state index contributed by atoms with van der Waals surface area (Å²) in [5.74, 6) is 1.81. The van der Waals surface area contributed by atoms with Crippen molar-refractivity contribution in [3.05, 3.63) is 71.7 Å². The highest BCUT2D eigenvalue weighted by molar-refractivity contribution is 5.84. The molecule has 1 aromatic carbocycles. The van der Waals surface area contributed by atoms with Gasteiger partial charge >= 0.3 is 0 Å². The van der Waals surface area contributed by atoms with E-state index in [1.807, 2.05) is 42.7 Å². The number of hydrazone groups is 1. The first kappa shape index (κ1) is 19.2. The molecule has 0 radical (unpaired) electrons. The van der Waals surface area contributed by atoms with E-state index in [1.54, 1.807) is 43.8 Å². The third-order valence-corrected chi connectivity index (χ3v) is 4.17. The van der Waals surface area contributed by atoms with E-state index in [-0.39, 0.29) is 12.5 Å². The van der Waals surface area contributed by atoms with Gasteiger partial charge in [0.15, 0.2) is 6.61 Å². The lowest BCUT2D eigenvalue weighted by Gasteiger charge is -2.07. The van der Waals surface area contributed by atoms with Crippen molar-refractivity contribution >= 4 is 12.1 Å². The molecule has 3 aromatic rings. The first-order valence-electron chi connectivity index (χ1n) is 8.77. The van der Waals surface area contributed by atoms with Crippen molar-refractivity contribution in [2.75, 3.05) is 13.7 Å². The fourth-order valence-corrected chi connectivity index (χ4v) is 2.78. The molecule has 0 saturated carbocycles. The number of rotatable bonds is 7. The highest BCUT2D eigenvalue weighted by atomic mass is 16.5. The minimum Gasteiger partial charge on any atom is -0.497 e. The SMILES string of the molecule is COc1ccc(OCC(=O)N/N=C/c2cc(C)n(-c3ccccn3)c2C)cc1. The molecule has 2 aromatic heterocycles. The molecule has 7 nitrogen and oxygen atoms in total.